The van der Waals surface area contributed by atoms with Gasteiger partial charge in [-0.05, 0) is 68.0 Å². The zero-order valence-electron chi connectivity index (χ0n) is 23.9. The minimum absolute atomic E-state index is 0.189. The summed E-state index contributed by atoms with van der Waals surface area (Å²) in [6, 6.07) is 22.7. The van der Waals surface area contributed by atoms with Crippen LogP contribution in [0.1, 0.15) is 57.3 Å². The molecule has 11 heteroatoms. The summed E-state index contributed by atoms with van der Waals surface area (Å²) in [6.07, 6.45) is 0.106. The van der Waals surface area contributed by atoms with Gasteiger partial charge in [0.05, 0.1) is 17.0 Å². The molecular weight excluding hydrogens is 601 g/mol. The van der Waals surface area contributed by atoms with Crippen LogP contribution in [0.3, 0.4) is 0 Å². The molecule has 0 spiro atoms. The molecular formula is C32H30N4O4S3. The number of hydrogen-bond acceptors (Lipinski definition) is 8. The average Bonchev–Trinajstić information content (AvgIpc) is 3.63. The van der Waals surface area contributed by atoms with Crippen molar-refractivity contribution in [3.63, 3.8) is 0 Å². The summed E-state index contributed by atoms with van der Waals surface area (Å²) in [7, 11) is 0. The molecule has 1 aliphatic heterocycles. The van der Waals surface area contributed by atoms with Crippen LogP contribution in [0, 0.1) is 11.3 Å². The van der Waals surface area contributed by atoms with Crippen LogP contribution in [-0.4, -0.2) is 35.0 Å². The van der Waals surface area contributed by atoms with Gasteiger partial charge < -0.3 is 20.3 Å². The minimum Gasteiger partial charge on any atom is -0.444 e. The van der Waals surface area contributed by atoms with E-state index in [1.807, 2.05) is 86.8 Å². The van der Waals surface area contributed by atoms with E-state index in [-0.39, 0.29) is 11.8 Å². The maximum absolute atomic E-state index is 13.9. The van der Waals surface area contributed by atoms with Crippen LogP contribution in [0.5, 0.6) is 0 Å². The zero-order chi connectivity index (χ0) is 30.6. The van der Waals surface area contributed by atoms with Gasteiger partial charge in [0.2, 0.25) is 5.91 Å². The molecule has 0 radical (unpaired) electrons. The minimum atomic E-state index is -0.631. The number of carbonyl (C=O) groups excluding carboxylic acids is 3. The summed E-state index contributed by atoms with van der Waals surface area (Å²) in [5.74, 6) is -0.464. The summed E-state index contributed by atoms with van der Waals surface area (Å²) in [4.78, 5) is 43.0. The Labute approximate surface area is 262 Å². The van der Waals surface area contributed by atoms with E-state index in [2.05, 4.69) is 16.7 Å². The van der Waals surface area contributed by atoms with Crippen molar-refractivity contribution in [1.29, 1.82) is 5.26 Å². The van der Waals surface area contributed by atoms with Crippen molar-refractivity contribution in [2.75, 3.05) is 17.2 Å². The molecule has 0 saturated heterocycles. The van der Waals surface area contributed by atoms with E-state index in [4.69, 9.17) is 4.74 Å². The number of benzene rings is 2. The Morgan fingerprint density at radius 3 is 2.53 bits per heavy atom. The molecule has 3 amide bonds. The molecule has 4 aromatic rings. The maximum Gasteiger partial charge on any atom is 0.410 e. The number of thioether (sulfide) groups is 1. The predicted molar refractivity (Wildman–Crippen MR) is 172 cm³/mol. The topological polar surface area (TPSA) is 112 Å². The van der Waals surface area contributed by atoms with Gasteiger partial charge in [-0.15, -0.1) is 34.4 Å². The van der Waals surface area contributed by atoms with Gasteiger partial charge in [-0.25, -0.2) is 4.79 Å². The molecule has 0 aliphatic carbocycles. The molecule has 0 fully saturated rings. The van der Waals surface area contributed by atoms with Gasteiger partial charge >= 0.3 is 6.09 Å². The largest absolute Gasteiger partial charge is 0.444 e. The van der Waals surface area contributed by atoms with Gasteiger partial charge in [-0.3, -0.25) is 9.59 Å². The molecule has 43 heavy (non-hydrogen) atoms. The summed E-state index contributed by atoms with van der Waals surface area (Å²) in [6.45, 7) is 6.23. The Bertz CT molecular complexity index is 1670. The van der Waals surface area contributed by atoms with E-state index >= 15 is 0 Å². The first-order chi connectivity index (χ1) is 20.6. The number of ether oxygens (including phenoxy) is 1. The van der Waals surface area contributed by atoms with E-state index in [0.29, 0.717) is 40.6 Å². The molecule has 1 atom stereocenters. The number of rotatable bonds is 7. The van der Waals surface area contributed by atoms with Crippen LogP contribution in [0.4, 0.5) is 15.5 Å². The number of hydrogen-bond donors (Lipinski definition) is 2. The molecule has 2 aromatic heterocycles. The van der Waals surface area contributed by atoms with Crippen LogP contribution in [0.15, 0.2) is 77.0 Å². The Morgan fingerprint density at radius 2 is 1.84 bits per heavy atom. The highest BCUT2D eigenvalue weighted by atomic mass is 32.2. The van der Waals surface area contributed by atoms with E-state index in [1.54, 1.807) is 11.0 Å². The molecule has 0 saturated carbocycles. The Morgan fingerprint density at radius 1 is 1.05 bits per heavy atom. The Hall–Kier alpha value is -4.11. The fraction of sp³-hybridized carbons (Fsp3) is 0.250. The number of fused-ring (bicyclic) bond motifs is 1. The quantitative estimate of drug-likeness (QED) is 0.203. The molecule has 5 rings (SSSR count). The maximum atomic E-state index is 13.9. The third kappa shape index (κ3) is 7.46. The van der Waals surface area contributed by atoms with Gasteiger partial charge in [0.15, 0.2) is 0 Å². The highest BCUT2D eigenvalue weighted by Gasteiger charge is 2.31. The van der Waals surface area contributed by atoms with Crippen molar-refractivity contribution in [3.05, 3.63) is 98.6 Å². The van der Waals surface area contributed by atoms with Gasteiger partial charge in [0, 0.05) is 22.0 Å². The summed E-state index contributed by atoms with van der Waals surface area (Å²) in [5.41, 5.74) is 2.12. The fourth-order valence-electron chi connectivity index (χ4n) is 4.55. The van der Waals surface area contributed by atoms with Crippen molar-refractivity contribution in [1.82, 2.24) is 4.90 Å². The third-order valence-corrected chi connectivity index (χ3v) is 9.74. The average molecular weight is 631 g/mol. The number of anilines is 2. The first kappa shape index (κ1) is 30.4. The summed E-state index contributed by atoms with van der Waals surface area (Å²) >= 11 is 4.04. The predicted octanol–water partition coefficient (Wildman–Crippen LogP) is 7.70. The van der Waals surface area contributed by atoms with Crippen LogP contribution in [0.2, 0.25) is 0 Å². The lowest BCUT2D eigenvalue weighted by Gasteiger charge is -2.29. The smallest absolute Gasteiger partial charge is 0.410 e. The summed E-state index contributed by atoms with van der Waals surface area (Å²) in [5, 5.41) is 17.7. The molecule has 220 valence electrons. The second kappa shape index (κ2) is 13.0. The highest BCUT2D eigenvalue weighted by molar-refractivity contribution is 8.00. The van der Waals surface area contributed by atoms with Crippen LogP contribution < -0.4 is 10.6 Å². The highest BCUT2D eigenvalue weighted by Crippen LogP contribution is 2.41. The van der Waals surface area contributed by atoms with Crippen molar-refractivity contribution >= 4 is 63.0 Å². The van der Waals surface area contributed by atoms with Crippen molar-refractivity contribution in [2.24, 2.45) is 0 Å². The van der Waals surface area contributed by atoms with E-state index in [0.717, 1.165) is 20.9 Å². The Kier molecular flexibility index (Phi) is 9.20. The van der Waals surface area contributed by atoms with Crippen LogP contribution in [0.25, 0.3) is 0 Å². The number of amides is 3. The normalized spacial score (nSPS) is 13.4. The van der Waals surface area contributed by atoms with Crippen molar-refractivity contribution < 1.29 is 19.1 Å². The first-order valence-corrected chi connectivity index (χ1v) is 16.2. The SMILES string of the molecule is CC(C)(C)OC(=O)N1CCc2c(sc(NC(=O)C(Sc3cccc(NC(=O)c4cccs4)c3)c3ccccc3)c2C#N)C1. The van der Waals surface area contributed by atoms with Gasteiger partial charge in [0.1, 0.15) is 21.9 Å². The van der Waals surface area contributed by atoms with E-state index in [1.165, 1.54) is 34.4 Å². The monoisotopic (exact) mass is 630 g/mol. The number of nitrogens with one attached hydrogen (secondary N) is 2. The lowest BCUT2D eigenvalue weighted by Crippen LogP contribution is -2.39. The van der Waals surface area contributed by atoms with Crippen molar-refractivity contribution in [2.45, 2.75) is 49.5 Å². The molecule has 3 heterocycles. The van der Waals surface area contributed by atoms with E-state index < -0.39 is 16.9 Å². The standard InChI is InChI=1S/C32H30N4O4S3/c1-32(2,3)40-31(39)36-15-14-23-24(18-33)30(43-26(23)19-36)35-29(38)27(20-9-5-4-6-10-20)42-22-12-7-11-21(17-22)34-28(37)25-13-8-16-41-25/h4-13,16-17,27H,14-15,19H2,1-3H3,(H,34,37)(H,35,38). The second-order valence-corrected chi connectivity index (χ2v) is 14.1. The number of nitrogens with zero attached hydrogens (tertiary/aromatic N) is 2. The molecule has 2 aromatic carbocycles. The fourth-order valence-corrected chi connectivity index (χ4v) is 7.47. The molecule has 0 bridgehead atoms. The Balaban J connectivity index is 1.36. The first-order valence-electron chi connectivity index (χ1n) is 13.6. The van der Waals surface area contributed by atoms with Crippen LogP contribution >= 0.6 is 34.4 Å². The molecule has 8 nitrogen and oxygen atoms in total. The number of nitriles is 1. The molecule has 2 N–H and O–H groups in total. The van der Waals surface area contributed by atoms with E-state index in [9.17, 15) is 19.6 Å². The third-order valence-electron chi connectivity index (χ3n) is 6.49. The lowest BCUT2D eigenvalue weighted by atomic mass is 10.0. The molecule has 1 unspecified atom stereocenters. The summed E-state index contributed by atoms with van der Waals surface area (Å²) < 4.78 is 5.54. The lowest BCUT2D eigenvalue weighted by molar-refractivity contribution is -0.115. The van der Waals surface area contributed by atoms with Gasteiger partial charge in [-0.2, -0.15) is 5.26 Å². The van der Waals surface area contributed by atoms with Gasteiger partial charge in [-0.1, -0.05) is 42.5 Å². The van der Waals surface area contributed by atoms with Crippen LogP contribution in [-0.2, 0) is 22.5 Å². The second-order valence-electron chi connectivity index (χ2n) is 10.8. The van der Waals surface area contributed by atoms with Gasteiger partial charge in [0.25, 0.3) is 5.91 Å². The number of thiophene rings is 2. The molecule has 1 aliphatic rings. The number of carbonyl (C=O) groups is 3. The van der Waals surface area contributed by atoms with Crippen molar-refractivity contribution in [3.8, 4) is 6.07 Å². The zero-order valence-corrected chi connectivity index (χ0v) is 26.3.